The minimum atomic E-state index is 0.619. The van der Waals surface area contributed by atoms with Crippen LogP contribution in [-0.4, -0.2) is 15.0 Å². The van der Waals surface area contributed by atoms with Crippen molar-refractivity contribution in [3.8, 4) is 56.4 Å². The van der Waals surface area contributed by atoms with Gasteiger partial charge in [0.15, 0.2) is 17.5 Å². The van der Waals surface area contributed by atoms with Gasteiger partial charge in [-0.25, -0.2) is 15.0 Å². The number of fused-ring (bicyclic) bond motifs is 7. The predicted molar refractivity (Wildman–Crippen MR) is 225 cm³/mol. The maximum absolute atomic E-state index is 6.54. The van der Waals surface area contributed by atoms with Crippen LogP contribution in [0, 0.1) is 0 Å². The van der Waals surface area contributed by atoms with Gasteiger partial charge in [0, 0.05) is 47.6 Å². The third-order valence-corrected chi connectivity index (χ3v) is 11.4. The highest BCUT2D eigenvalue weighted by Gasteiger charge is 2.18. The number of aromatic nitrogens is 3. The summed E-state index contributed by atoms with van der Waals surface area (Å²) < 4.78 is 9.10. The molecule has 0 fully saturated rings. The Labute approximate surface area is 314 Å². The van der Waals surface area contributed by atoms with E-state index in [9.17, 15) is 0 Å². The van der Waals surface area contributed by atoms with E-state index in [4.69, 9.17) is 19.4 Å². The summed E-state index contributed by atoms with van der Waals surface area (Å²) >= 11 is 1.86. The van der Waals surface area contributed by atoms with Gasteiger partial charge in [0.25, 0.3) is 0 Å². The lowest BCUT2D eigenvalue weighted by atomic mass is 9.94. The highest BCUT2D eigenvalue weighted by molar-refractivity contribution is 7.26. The molecule has 11 rings (SSSR count). The highest BCUT2D eigenvalue weighted by Crippen LogP contribution is 2.45. The van der Waals surface area contributed by atoms with Crippen molar-refractivity contribution >= 4 is 64.2 Å². The Balaban J connectivity index is 1.05. The predicted octanol–water partition coefficient (Wildman–Crippen LogP) is 13.6. The number of benzene rings is 8. The molecule has 5 heteroatoms. The lowest BCUT2D eigenvalue weighted by Gasteiger charge is -2.10. The molecular weight excluding hydrogens is 679 g/mol. The van der Waals surface area contributed by atoms with E-state index in [0.29, 0.717) is 17.5 Å². The van der Waals surface area contributed by atoms with E-state index in [1.807, 2.05) is 84.1 Å². The van der Waals surface area contributed by atoms with E-state index in [-0.39, 0.29) is 0 Å². The maximum atomic E-state index is 6.54. The van der Waals surface area contributed by atoms with Crippen molar-refractivity contribution in [3.05, 3.63) is 176 Å². The summed E-state index contributed by atoms with van der Waals surface area (Å²) in [7, 11) is 0. The van der Waals surface area contributed by atoms with Gasteiger partial charge in [-0.1, -0.05) is 121 Å². The largest absolute Gasteiger partial charge is 0.456 e. The minimum absolute atomic E-state index is 0.619. The smallest absolute Gasteiger partial charge is 0.164 e. The van der Waals surface area contributed by atoms with Crippen LogP contribution in [0.25, 0.3) is 109 Å². The molecule has 0 spiro atoms. The molecule has 0 bridgehead atoms. The Hall–Kier alpha value is -6.95. The number of rotatable bonds is 5. The molecule has 3 aromatic heterocycles. The van der Waals surface area contributed by atoms with Crippen LogP contribution >= 0.6 is 11.3 Å². The summed E-state index contributed by atoms with van der Waals surface area (Å²) in [5, 5.41) is 7.20. The molecule has 0 N–H and O–H groups in total. The third-order valence-electron chi connectivity index (χ3n) is 10.3. The SMILES string of the molecule is c1ccc(-c2nc(-c3ccccc3)nc(-c3ccc4oc5cc(-c6cc(-c7ccccc7)c7c(c6)sc6cc8ccccc8cc67)ccc5c4c3)n2)cc1. The van der Waals surface area contributed by atoms with Crippen LogP contribution in [-0.2, 0) is 0 Å². The van der Waals surface area contributed by atoms with Crippen LogP contribution in [0.1, 0.15) is 0 Å². The first kappa shape index (κ1) is 30.7. The first-order valence-corrected chi connectivity index (χ1v) is 18.8. The number of furan rings is 1. The third kappa shape index (κ3) is 5.17. The Kier molecular flexibility index (Phi) is 7.00. The maximum Gasteiger partial charge on any atom is 0.164 e. The molecule has 3 heterocycles. The molecule has 4 nitrogen and oxygen atoms in total. The lowest BCUT2D eigenvalue weighted by Crippen LogP contribution is -2.00. The summed E-state index contributed by atoms with van der Waals surface area (Å²) in [6.07, 6.45) is 0. The van der Waals surface area contributed by atoms with Crippen molar-refractivity contribution in [2.45, 2.75) is 0 Å². The minimum Gasteiger partial charge on any atom is -0.456 e. The molecule has 54 heavy (non-hydrogen) atoms. The average Bonchev–Trinajstić information content (AvgIpc) is 3.80. The van der Waals surface area contributed by atoms with E-state index in [1.54, 1.807) is 0 Å². The van der Waals surface area contributed by atoms with Crippen molar-refractivity contribution in [1.82, 2.24) is 15.0 Å². The topological polar surface area (TPSA) is 51.8 Å². The van der Waals surface area contributed by atoms with Gasteiger partial charge in [0.2, 0.25) is 0 Å². The molecule has 0 saturated heterocycles. The standard InChI is InChI=1S/C49H29N3OS/c1-4-12-30(13-5-1)39-26-37(29-45-46(39)41-24-33-18-10-11-19-34(33)28-44(41)54-45)35-20-22-38-40-25-36(21-23-42(40)53-43(38)27-35)49-51-47(31-14-6-2-7-15-31)50-48(52-49)32-16-8-3-9-17-32/h1-29H. The van der Waals surface area contributed by atoms with Gasteiger partial charge in [-0.3, -0.25) is 0 Å². The van der Waals surface area contributed by atoms with Crippen molar-refractivity contribution < 1.29 is 4.42 Å². The summed E-state index contributed by atoms with van der Waals surface area (Å²) in [5.41, 5.74) is 9.17. The summed E-state index contributed by atoms with van der Waals surface area (Å²) in [6, 6.07) is 61.6. The van der Waals surface area contributed by atoms with E-state index in [1.165, 1.54) is 42.1 Å². The average molecular weight is 708 g/mol. The van der Waals surface area contributed by atoms with Crippen LogP contribution in [0.5, 0.6) is 0 Å². The molecule has 0 radical (unpaired) electrons. The second kappa shape index (κ2) is 12.3. The van der Waals surface area contributed by atoms with Gasteiger partial charge in [-0.2, -0.15) is 0 Å². The summed E-state index contributed by atoms with van der Waals surface area (Å²) in [5.74, 6) is 1.90. The zero-order chi connectivity index (χ0) is 35.6. The summed E-state index contributed by atoms with van der Waals surface area (Å²) in [4.78, 5) is 14.8. The zero-order valence-electron chi connectivity index (χ0n) is 28.9. The molecule has 0 unspecified atom stereocenters. The van der Waals surface area contributed by atoms with Crippen LogP contribution in [0.2, 0.25) is 0 Å². The fraction of sp³-hybridized carbons (Fsp3) is 0. The molecule has 0 aliphatic heterocycles. The first-order chi connectivity index (χ1) is 26.7. The quantitative estimate of drug-likeness (QED) is 0.179. The second-order valence-electron chi connectivity index (χ2n) is 13.6. The van der Waals surface area contributed by atoms with Crippen molar-refractivity contribution in [2.24, 2.45) is 0 Å². The van der Waals surface area contributed by atoms with E-state index >= 15 is 0 Å². The van der Waals surface area contributed by atoms with E-state index in [2.05, 4.69) is 103 Å². The molecule has 252 valence electrons. The van der Waals surface area contributed by atoms with E-state index in [0.717, 1.165) is 49.8 Å². The fourth-order valence-electron chi connectivity index (χ4n) is 7.64. The second-order valence-corrected chi connectivity index (χ2v) is 14.7. The molecule has 0 saturated carbocycles. The van der Waals surface area contributed by atoms with Crippen LogP contribution < -0.4 is 0 Å². The Bertz CT molecular complexity index is 3150. The Morgan fingerprint density at radius 2 is 0.944 bits per heavy atom. The van der Waals surface area contributed by atoms with Gasteiger partial charge in [0.1, 0.15) is 11.2 Å². The fourth-order valence-corrected chi connectivity index (χ4v) is 8.84. The van der Waals surface area contributed by atoms with Crippen molar-refractivity contribution in [1.29, 1.82) is 0 Å². The van der Waals surface area contributed by atoms with Gasteiger partial charge >= 0.3 is 0 Å². The molecule has 0 atom stereocenters. The zero-order valence-corrected chi connectivity index (χ0v) is 29.7. The monoisotopic (exact) mass is 707 g/mol. The summed E-state index contributed by atoms with van der Waals surface area (Å²) in [6.45, 7) is 0. The van der Waals surface area contributed by atoms with Gasteiger partial charge < -0.3 is 4.42 Å². The molecular formula is C49H29N3OS. The Morgan fingerprint density at radius 3 is 1.63 bits per heavy atom. The van der Waals surface area contributed by atoms with Gasteiger partial charge in [-0.15, -0.1) is 11.3 Å². The molecule has 11 aromatic rings. The molecule has 0 amide bonds. The van der Waals surface area contributed by atoms with Gasteiger partial charge in [-0.05, 0) is 87.6 Å². The van der Waals surface area contributed by atoms with Crippen molar-refractivity contribution in [2.75, 3.05) is 0 Å². The number of hydrogen-bond donors (Lipinski definition) is 0. The molecule has 8 aromatic carbocycles. The first-order valence-electron chi connectivity index (χ1n) is 18.0. The highest BCUT2D eigenvalue weighted by atomic mass is 32.1. The number of thiophene rings is 1. The normalized spacial score (nSPS) is 11.7. The van der Waals surface area contributed by atoms with Crippen LogP contribution in [0.4, 0.5) is 0 Å². The van der Waals surface area contributed by atoms with E-state index < -0.39 is 0 Å². The van der Waals surface area contributed by atoms with Crippen LogP contribution in [0.15, 0.2) is 180 Å². The molecule has 0 aliphatic rings. The molecule has 0 aliphatic carbocycles. The number of nitrogens with zero attached hydrogens (tertiary/aromatic N) is 3. The lowest BCUT2D eigenvalue weighted by molar-refractivity contribution is 0.669. The van der Waals surface area contributed by atoms with Gasteiger partial charge in [0.05, 0.1) is 0 Å². The van der Waals surface area contributed by atoms with Crippen molar-refractivity contribution in [3.63, 3.8) is 0 Å². The van der Waals surface area contributed by atoms with Crippen LogP contribution in [0.3, 0.4) is 0 Å². The Morgan fingerprint density at radius 1 is 0.352 bits per heavy atom. The number of hydrogen-bond acceptors (Lipinski definition) is 5.